The Balaban J connectivity index is 1.63. The highest BCUT2D eigenvalue weighted by Gasteiger charge is 2.33. The SMILES string of the molecule is CN(C)CCOc1ccc(-c2cc(C(F)(F)F)ccc2Cl)cc1/C=C1\SC(=S)N(CCCc2nn[nH]n2)C1=O. The Labute approximate surface area is 237 Å². The number of H-pyrrole nitrogens is 1. The predicted molar refractivity (Wildman–Crippen MR) is 148 cm³/mol. The quantitative estimate of drug-likeness (QED) is 0.249. The maximum Gasteiger partial charge on any atom is 0.416 e. The summed E-state index contributed by atoms with van der Waals surface area (Å²) in [6, 6.07) is 8.15. The molecule has 0 atom stereocenters. The highest BCUT2D eigenvalue weighted by Crippen LogP contribution is 2.39. The fourth-order valence-electron chi connectivity index (χ4n) is 3.74. The van der Waals surface area contributed by atoms with Crippen molar-refractivity contribution in [2.45, 2.75) is 19.0 Å². The van der Waals surface area contributed by atoms with Gasteiger partial charge in [-0.1, -0.05) is 46.9 Å². The lowest BCUT2D eigenvalue weighted by Gasteiger charge is -2.16. The topological polar surface area (TPSA) is 87.2 Å². The van der Waals surface area contributed by atoms with Crippen LogP contribution in [0.15, 0.2) is 41.3 Å². The molecule has 1 N–H and O–H groups in total. The molecule has 0 spiro atoms. The van der Waals surface area contributed by atoms with Crippen molar-refractivity contribution in [3.63, 3.8) is 0 Å². The van der Waals surface area contributed by atoms with Gasteiger partial charge in [0.15, 0.2) is 5.82 Å². The number of nitrogens with one attached hydrogen (secondary N) is 1. The van der Waals surface area contributed by atoms with Crippen molar-refractivity contribution in [2.24, 2.45) is 0 Å². The third-order valence-electron chi connectivity index (χ3n) is 5.74. The van der Waals surface area contributed by atoms with Gasteiger partial charge in [-0.25, -0.2) is 0 Å². The lowest BCUT2D eigenvalue weighted by molar-refractivity contribution is -0.137. The molecule has 1 aliphatic rings. The number of likely N-dealkylation sites (N-methyl/N-ethyl adjacent to an activating group) is 1. The Morgan fingerprint density at radius 2 is 2.03 bits per heavy atom. The molecule has 1 saturated heterocycles. The number of halogens is 4. The standard InChI is InChI=1S/C25H24ClF3N6O2S2/c1-34(2)10-11-37-20-8-5-15(18-14-17(25(27,28)29)6-7-19(18)26)12-16(20)13-21-23(36)35(24(38)39-21)9-3-4-22-30-32-33-31-22/h5-8,12-14H,3-4,9-11H2,1-2H3,(H,30,31,32,33)/b21-13-. The molecule has 14 heteroatoms. The molecular weight excluding hydrogens is 573 g/mol. The van der Waals surface area contributed by atoms with E-state index in [2.05, 4.69) is 20.6 Å². The largest absolute Gasteiger partial charge is 0.492 e. The van der Waals surface area contributed by atoms with Crippen molar-refractivity contribution in [2.75, 3.05) is 33.8 Å². The molecule has 1 aliphatic heterocycles. The molecule has 1 fully saturated rings. The van der Waals surface area contributed by atoms with Crippen molar-refractivity contribution in [3.8, 4) is 16.9 Å². The number of hydrogen-bond acceptors (Lipinski definition) is 8. The number of aromatic amines is 1. The minimum absolute atomic E-state index is 0.170. The highest BCUT2D eigenvalue weighted by molar-refractivity contribution is 8.26. The van der Waals surface area contributed by atoms with Crippen LogP contribution in [-0.4, -0.2) is 74.4 Å². The normalized spacial score (nSPS) is 15.2. The van der Waals surface area contributed by atoms with Crippen LogP contribution >= 0.6 is 35.6 Å². The summed E-state index contributed by atoms with van der Waals surface area (Å²) in [4.78, 5) is 17.0. The molecule has 1 amide bonds. The van der Waals surface area contributed by atoms with Gasteiger partial charge < -0.3 is 9.64 Å². The van der Waals surface area contributed by atoms with Crippen LogP contribution in [-0.2, 0) is 17.4 Å². The average molecular weight is 597 g/mol. The van der Waals surface area contributed by atoms with Crippen molar-refractivity contribution in [1.82, 2.24) is 30.4 Å². The number of ether oxygens (including phenoxy) is 1. The zero-order valence-corrected chi connectivity index (χ0v) is 23.3. The van der Waals surface area contributed by atoms with Crippen LogP contribution in [0.5, 0.6) is 5.75 Å². The summed E-state index contributed by atoms with van der Waals surface area (Å²) < 4.78 is 46.5. The molecule has 0 aliphatic carbocycles. The van der Waals surface area contributed by atoms with Gasteiger partial charge in [-0.15, -0.1) is 10.2 Å². The molecule has 0 radical (unpaired) electrons. The second kappa shape index (κ2) is 12.5. The molecular formula is C25H24ClF3N6O2S2. The fourth-order valence-corrected chi connectivity index (χ4v) is 5.27. The number of thiocarbonyl (C=S) groups is 1. The lowest BCUT2D eigenvalue weighted by Crippen LogP contribution is -2.29. The number of amides is 1. The van der Waals surface area contributed by atoms with Crippen molar-refractivity contribution in [3.05, 3.63) is 63.3 Å². The maximum absolute atomic E-state index is 13.4. The number of rotatable bonds is 10. The van der Waals surface area contributed by atoms with E-state index in [-0.39, 0.29) is 16.5 Å². The van der Waals surface area contributed by atoms with Crippen molar-refractivity contribution >= 4 is 51.9 Å². The van der Waals surface area contributed by atoms with Crippen LogP contribution in [0, 0.1) is 0 Å². The maximum atomic E-state index is 13.4. The van der Waals surface area contributed by atoms with E-state index in [0.717, 1.165) is 23.9 Å². The monoisotopic (exact) mass is 596 g/mol. The summed E-state index contributed by atoms with van der Waals surface area (Å²) in [5.41, 5.74) is 0.381. The third kappa shape index (κ3) is 7.35. The molecule has 206 valence electrons. The summed E-state index contributed by atoms with van der Waals surface area (Å²) in [6.07, 6.45) is -1.76. The number of aromatic nitrogens is 4. The molecule has 1 aromatic heterocycles. The van der Waals surface area contributed by atoms with E-state index in [4.69, 9.17) is 28.6 Å². The number of carbonyl (C=O) groups is 1. The number of hydrogen-bond donors (Lipinski definition) is 1. The molecule has 39 heavy (non-hydrogen) atoms. The van der Waals surface area contributed by atoms with E-state index in [1.165, 1.54) is 11.0 Å². The zero-order chi connectivity index (χ0) is 28.2. The number of thioether (sulfide) groups is 1. The average Bonchev–Trinajstić information content (AvgIpc) is 3.48. The van der Waals surface area contributed by atoms with E-state index in [0.29, 0.717) is 64.5 Å². The van der Waals surface area contributed by atoms with E-state index in [1.54, 1.807) is 24.3 Å². The number of carbonyl (C=O) groups excluding carboxylic acids is 1. The summed E-state index contributed by atoms with van der Waals surface area (Å²) in [5.74, 6) is 0.756. The second-order valence-corrected chi connectivity index (χ2v) is 10.9. The van der Waals surface area contributed by atoms with Crippen LogP contribution in [0.1, 0.15) is 23.4 Å². The minimum Gasteiger partial charge on any atom is -0.492 e. The van der Waals surface area contributed by atoms with Gasteiger partial charge in [-0.2, -0.15) is 18.4 Å². The fraction of sp³-hybridized carbons (Fsp3) is 0.320. The van der Waals surface area contributed by atoms with Crippen molar-refractivity contribution in [1.29, 1.82) is 0 Å². The van der Waals surface area contributed by atoms with Gasteiger partial charge >= 0.3 is 6.18 Å². The minimum atomic E-state index is -4.52. The molecule has 0 bridgehead atoms. The van der Waals surface area contributed by atoms with Crippen LogP contribution in [0.2, 0.25) is 5.02 Å². The number of benzene rings is 2. The summed E-state index contributed by atoms with van der Waals surface area (Å²) >= 11 is 12.9. The van der Waals surface area contributed by atoms with E-state index in [9.17, 15) is 18.0 Å². The van der Waals surface area contributed by atoms with E-state index in [1.807, 2.05) is 19.0 Å². The van der Waals surface area contributed by atoms with Crippen LogP contribution in [0.4, 0.5) is 13.2 Å². The lowest BCUT2D eigenvalue weighted by atomic mass is 9.99. The predicted octanol–water partition coefficient (Wildman–Crippen LogP) is 5.31. The molecule has 0 saturated carbocycles. The first-order chi connectivity index (χ1) is 18.5. The number of aryl methyl sites for hydroxylation is 1. The molecule has 8 nitrogen and oxygen atoms in total. The van der Waals surface area contributed by atoms with Crippen LogP contribution < -0.4 is 4.74 Å². The van der Waals surface area contributed by atoms with Crippen LogP contribution in [0.3, 0.4) is 0 Å². The summed E-state index contributed by atoms with van der Waals surface area (Å²) in [6.45, 7) is 1.39. The number of nitrogens with zero attached hydrogens (tertiary/aromatic N) is 5. The molecule has 2 aromatic carbocycles. The molecule has 4 rings (SSSR count). The first-order valence-electron chi connectivity index (χ1n) is 11.8. The van der Waals surface area contributed by atoms with Gasteiger partial charge in [-0.05, 0) is 62.5 Å². The molecule has 2 heterocycles. The Kier molecular flexibility index (Phi) is 9.26. The molecule has 3 aromatic rings. The Hall–Kier alpha value is -3.00. The second-order valence-electron chi connectivity index (χ2n) is 8.86. The first-order valence-corrected chi connectivity index (χ1v) is 13.4. The van der Waals surface area contributed by atoms with Gasteiger partial charge in [0.05, 0.1) is 10.5 Å². The number of alkyl halides is 3. The first kappa shape index (κ1) is 29.0. The third-order valence-corrected chi connectivity index (χ3v) is 7.45. The smallest absolute Gasteiger partial charge is 0.416 e. The Bertz CT molecular complexity index is 1380. The van der Waals surface area contributed by atoms with Gasteiger partial charge in [0.1, 0.15) is 16.7 Å². The van der Waals surface area contributed by atoms with E-state index < -0.39 is 11.7 Å². The highest BCUT2D eigenvalue weighted by atomic mass is 35.5. The van der Waals surface area contributed by atoms with Gasteiger partial charge in [0, 0.05) is 35.7 Å². The van der Waals surface area contributed by atoms with Crippen molar-refractivity contribution < 1.29 is 22.7 Å². The van der Waals surface area contributed by atoms with Gasteiger partial charge in [0.2, 0.25) is 0 Å². The number of tetrazole rings is 1. The van der Waals surface area contributed by atoms with Gasteiger partial charge in [-0.3, -0.25) is 9.69 Å². The molecule has 0 unspecified atom stereocenters. The van der Waals surface area contributed by atoms with Crippen LogP contribution in [0.25, 0.3) is 17.2 Å². The zero-order valence-electron chi connectivity index (χ0n) is 21.0. The van der Waals surface area contributed by atoms with Gasteiger partial charge in [0.25, 0.3) is 5.91 Å². The van der Waals surface area contributed by atoms with E-state index >= 15 is 0 Å². The Morgan fingerprint density at radius 1 is 1.23 bits per heavy atom. The summed E-state index contributed by atoms with van der Waals surface area (Å²) in [5, 5.41) is 13.9. The Morgan fingerprint density at radius 3 is 2.72 bits per heavy atom. The summed E-state index contributed by atoms with van der Waals surface area (Å²) in [7, 11) is 3.82.